The van der Waals surface area contributed by atoms with Crippen LogP contribution in [0.25, 0.3) is 0 Å². The Balaban J connectivity index is 1.72. The summed E-state index contributed by atoms with van der Waals surface area (Å²) in [6.07, 6.45) is 3.59. The van der Waals surface area contributed by atoms with Crippen molar-refractivity contribution in [3.63, 3.8) is 0 Å². The van der Waals surface area contributed by atoms with Crippen LogP contribution in [0.5, 0.6) is 0 Å². The Hall–Kier alpha value is -2.60. The number of benzene rings is 1. The lowest BCUT2D eigenvalue weighted by Crippen LogP contribution is -2.47. The summed E-state index contributed by atoms with van der Waals surface area (Å²) in [6.45, 7) is 5.48. The van der Waals surface area contributed by atoms with E-state index in [0.29, 0.717) is 18.7 Å². The average molecular weight is 384 g/mol. The first-order chi connectivity index (χ1) is 13.5. The van der Waals surface area contributed by atoms with Gasteiger partial charge in [-0.3, -0.25) is 9.59 Å². The number of hydrogen-bond donors (Lipinski definition) is 0. The highest BCUT2D eigenvalue weighted by Gasteiger charge is 2.27. The molecule has 6 nitrogen and oxygen atoms in total. The van der Waals surface area contributed by atoms with Crippen molar-refractivity contribution >= 4 is 11.8 Å². The van der Waals surface area contributed by atoms with Crippen LogP contribution in [-0.2, 0) is 16.1 Å². The zero-order chi connectivity index (χ0) is 19.9. The van der Waals surface area contributed by atoms with Crippen molar-refractivity contribution in [2.75, 3.05) is 19.7 Å². The SMILES string of the molecule is CC(C)N(CC(=O)N(Cc1ccco1)C[C@@H]1CCCO1)C(=O)c1ccccc1. The maximum absolute atomic E-state index is 13.1. The third kappa shape index (κ3) is 5.23. The minimum atomic E-state index is -0.140. The molecule has 1 fully saturated rings. The Bertz CT molecular complexity index is 752. The molecule has 0 unspecified atom stereocenters. The summed E-state index contributed by atoms with van der Waals surface area (Å²) >= 11 is 0. The predicted octanol–water partition coefficient (Wildman–Crippen LogP) is 3.34. The van der Waals surface area contributed by atoms with Crippen molar-refractivity contribution < 1.29 is 18.7 Å². The summed E-state index contributed by atoms with van der Waals surface area (Å²) in [5.41, 5.74) is 0.584. The van der Waals surface area contributed by atoms with Gasteiger partial charge in [0.25, 0.3) is 5.91 Å². The smallest absolute Gasteiger partial charge is 0.254 e. The maximum Gasteiger partial charge on any atom is 0.254 e. The Labute approximate surface area is 166 Å². The molecule has 1 aromatic carbocycles. The monoisotopic (exact) mass is 384 g/mol. The zero-order valence-corrected chi connectivity index (χ0v) is 16.5. The van der Waals surface area contributed by atoms with Crippen LogP contribution in [0.3, 0.4) is 0 Å². The van der Waals surface area contributed by atoms with Gasteiger partial charge < -0.3 is 19.0 Å². The molecule has 2 amide bonds. The summed E-state index contributed by atoms with van der Waals surface area (Å²) in [4.78, 5) is 29.4. The lowest BCUT2D eigenvalue weighted by Gasteiger charge is -2.31. The maximum atomic E-state index is 13.1. The molecule has 6 heteroatoms. The largest absolute Gasteiger partial charge is 0.467 e. The van der Waals surface area contributed by atoms with Gasteiger partial charge in [0.2, 0.25) is 5.91 Å². The van der Waals surface area contributed by atoms with Crippen LogP contribution < -0.4 is 0 Å². The third-order valence-electron chi connectivity index (χ3n) is 4.94. The minimum Gasteiger partial charge on any atom is -0.467 e. The van der Waals surface area contributed by atoms with Gasteiger partial charge in [0.15, 0.2) is 0 Å². The summed E-state index contributed by atoms with van der Waals surface area (Å²) in [5.74, 6) is 0.473. The first-order valence-corrected chi connectivity index (χ1v) is 9.82. The molecule has 0 saturated carbocycles. The molecule has 0 N–H and O–H groups in total. The van der Waals surface area contributed by atoms with Gasteiger partial charge in [0.1, 0.15) is 12.3 Å². The Morgan fingerprint density at radius 2 is 1.93 bits per heavy atom. The van der Waals surface area contributed by atoms with Crippen molar-refractivity contribution in [1.82, 2.24) is 9.80 Å². The lowest BCUT2D eigenvalue weighted by atomic mass is 10.1. The Morgan fingerprint density at radius 3 is 2.54 bits per heavy atom. The molecule has 1 aliphatic rings. The van der Waals surface area contributed by atoms with Gasteiger partial charge in [-0.1, -0.05) is 18.2 Å². The van der Waals surface area contributed by atoms with Gasteiger partial charge in [-0.05, 0) is 51.0 Å². The fraction of sp³-hybridized carbons (Fsp3) is 0.455. The van der Waals surface area contributed by atoms with Crippen LogP contribution in [0.15, 0.2) is 53.1 Å². The van der Waals surface area contributed by atoms with E-state index in [9.17, 15) is 9.59 Å². The second-order valence-electron chi connectivity index (χ2n) is 7.38. The standard InChI is InChI=1S/C22H28N2O4/c1-17(2)24(22(26)18-8-4-3-5-9-18)16-21(25)23(14-19-10-6-12-27-19)15-20-11-7-13-28-20/h3-6,8-10,12,17,20H,7,11,13-16H2,1-2H3/t20-/m0/s1. The van der Waals surface area contributed by atoms with Crippen LogP contribution in [0.1, 0.15) is 42.8 Å². The first-order valence-electron chi connectivity index (χ1n) is 9.82. The van der Waals surface area contributed by atoms with Gasteiger partial charge in [-0.2, -0.15) is 0 Å². The summed E-state index contributed by atoms with van der Waals surface area (Å²) in [6, 6.07) is 12.6. The number of carbonyl (C=O) groups excluding carboxylic acids is 2. The molecule has 0 bridgehead atoms. The highest BCUT2D eigenvalue weighted by atomic mass is 16.5. The van der Waals surface area contributed by atoms with Crippen molar-refractivity contribution in [2.24, 2.45) is 0 Å². The van der Waals surface area contributed by atoms with E-state index in [2.05, 4.69) is 0 Å². The van der Waals surface area contributed by atoms with Crippen molar-refractivity contribution in [3.05, 3.63) is 60.1 Å². The fourth-order valence-electron chi connectivity index (χ4n) is 3.36. The van der Waals surface area contributed by atoms with E-state index in [1.807, 2.05) is 44.2 Å². The molecule has 0 spiro atoms. The molecular weight excluding hydrogens is 356 g/mol. The summed E-state index contributed by atoms with van der Waals surface area (Å²) in [5, 5.41) is 0. The quantitative estimate of drug-likeness (QED) is 0.700. The summed E-state index contributed by atoms with van der Waals surface area (Å²) in [7, 11) is 0. The van der Waals surface area contributed by atoms with E-state index in [1.165, 1.54) is 0 Å². The number of furan rings is 1. The average Bonchev–Trinajstić information content (AvgIpc) is 3.39. The lowest BCUT2D eigenvalue weighted by molar-refractivity contribution is -0.134. The number of amides is 2. The van der Waals surface area contributed by atoms with Crippen LogP contribution in [0, 0.1) is 0 Å². The Kier molecular flexibility index (Phi) is 6.87. The number of carbonyl (C=O) groups is 2. The first kappa shape index (κ1) is 20.1. The van der Waals surface area contributed by atoms with E-state index in [-0.39, 0.29) is 30.5 Å². The van der Waals surface area contributed by atoms with Crippen LogP contribution in [0.4, 0.5) is 0 Å². The van der Waals surface area contributed by atoms with E-state index < -0.39 is 0 Å². The molecule has 3 rings (SSSR count). The third-order valence-corrected chi connectivity index (χ3v) is 4.94. The second kappa shape index (κ2) is 9.55. The molecule has 28 heavy (non-hydrogen) atoms. The molecule has 1 saturated heterocycles. The molecule has 0 aliphatic carbocycles. The Morgan fingerprint density at radius 1 is 1.14 bits per heavy atom. The second-order valence-corrected chi connectivity index (χ2v) is 7.38. The molecule has 150 valence electrons. The molecule has 1 atom stereocenters. The highest BCUT2D eigenvalue weighted by Crippen LogP contribution is 2.17. The molecular formula is C22H28N2O4. The van der Waals surface area contributed by atoms with Gasteiger partial charge in [-0.25, -0.2) is 0 Å². The van der Waals surface area contributed by atoms with E-state index in [4.69, 9.17) is 9.15 Å². The predicted molar refractivity (Wildman–Crippen MR) is 106 cm³/mol. The number of rotatable bonds is 8. The van der Waals surface area contributed by atoms with Crippen molar-refractivity contribution in [3.8, 4) is 0 Å². The van der Waals surface area contributed by atoms with Crippen molar-refractivity contribution in [2.45, 2.75) is 45.4 Å². The normalized spacial score (nSPS) is 16.3. The number of nitrogens with zero attached hydrogens (tertiary/aromatic N) is 2. The molecule has 0 radical (unpaired) electrons. The van der Waals surface area contributed by atoms with Crippen LogP contribution >= 0.6 is 0 Å². The van der Waals surface area contributed by atoms with Gasteiger partial charge in [0.05, 0.1) is 18.9 Å². The van der Waals surface area contributed by atoms with Crippen molar-refractivity contribution in [1.29, 1.82) is 0 Å². The van der Waals surface area contributed by atoms with E-state index in [0.717, 1.165) is 25.2 Å². The zero-order valence-electron chi connectivity index (χ0n) is 16.5. The number of ether oxygens (including phenoxy) is 1. The molecule has 2 heterocycles. The molecule has 2 aromatic rings. The van der Waals surface area contributed by atoms with Gasteiger partial charge in [-0.15, -0.1) is 0 Å². The van der Waals surface area contributed by atoms with Crippen LogP contribution in [0.2, 0.25) is 0 Å². The van der Waals surface area contributed by atoms with E-state index in [1.54, 1.807) is 28.2 Å². The summed E-state index contributed by atoms with van der Waals surface area (Å²) < 4.78 is 11.1. The highest BCUT2D eigenvalue weighted by molar-refractivity contribution is 5.96. The number of hydrogen-bond acceptors (Lipinski definition) is 4. The molecule has 1 aliphatic heterocycles. The van der Waals surface area contributed by atoms with Gasteiger partial charge in [0, 0.05) is 24.8 Å². The fourth-order valence-corrected chi connectivity index (χ4v) is 3.36. The minimum absolute atomic E-state index is 0.0266. The van der Waals surface area contributed by atoms with E-state index >= 15 is 0 Å². The van der Waals surface area contributed by atoms with Crippen LogP contribution in [-0.4, -0.2) is 53.5 Å². The topological polar surface area (TPSA) is 63.0 Å². The van der Waals surface area contributed by atoms with Gasteiger partial charge >= 0.3 is 0 Å². The molecule has 1 aromatic heterocycles.